The van der Waals surface area contributed by atoms with Gasteiger partial charge in [-0.15, -0.1) is 13.2 Å². The van der Waals surface area contributed by atoms with Crippen LogP contribution in [0.4, 0.5) is 24.5 Å². The van der Waals surface area contributed by atoms with E-state index in [2.05, 4.69) is 10.1 Å². The van der Waals surface area contributed by atoms with Gasteiger partial charge in [-0.1, -0.05) is 23.7 Å². The van der Waals surface area contributed by atoms with Gasteiger partial charge in [-0.3, -0.25) is 9.10 Å². The number of carbonyl (C=O) groups excluding carboxylic acids is 1. The molecule has 0 unspecified atom stereocenters. The number of nitrogens with zero attached hydrogens (tertiary/aromatic N) is 1. The summed E-state index contributed by atoms with van der Waals surface area (Å²) in [7, 11) is -4.24. The van der Waals surface area contributed by atoms with E-state index in [0.717, 1.165) is 16.4 Å². The zero-order chi connectivity index (χ0) is 25.6. The van der Waals surface area contributed by atoms with Gasteiger partial charge in [-0.2, -0.15) is 0 Å². The lowest BCUT2D eigenvalue weighted by molar-refractivity contribution is -0.274. The SMILES string of the molecule is CCOc1ccccc1N(CC(=O)Nc1ccc(OC(F)(F)F)cc1)S(=O)(=O)c1ccc(Cl)cc1. The van der Waals surface area contributed by atoms with Crippen LogP contribution in [0.5, 0.6) is 11.5 Å². The minimum atomic E-state index is -4.85. The van der Waals surface area contributed by atoms with Crippen molar-refractivity contribution >= 4 is 38.9 Å². The van der Waals surface area contributed by atoms with Crippen molar-refractivity contribution in [2.45, 2.75) is 18.2 Å². The summed E-state index contributed by atoms with van der Waals surface area (Å²) in [5.74, 6) is -0.958. The van der Waals surface area contributed by atoms with Crippen molar-refractivity contribution in [2.75, 3.05) is 22.8 Å². The largest absolute Gasteiger partial charge is 0.573 e. The molecular formula is C23H20ClF3N2O5S. The molecule has 35 heavy (non-hydrogen) atoms. The normalized spacial score (nSPS) is 11.6. The molecule has 0 aliphatic heterocycles. The number of sulfonamides is 1. The number of nitrogens with one attached hydrogen (secondary N) is 1. The Morgan fingerprint density at radius 2 is 1.63 bits per heavy atom. The van der Waals surface area contributed by atoms with E-state index < -0.39 is 34.6 Å². The molecule has 0 radical (unpaired) electrons. The molecular weight excluding hydrogens is 509 g/mol. The summed E-state index contributed by atoms with van der Waals surface area (Å²) < 4.78 is 74.3. The second-order valence-corrected chi connectivity index (χ2v) is 9.29. The molecule has 3 aromatic carbocycles. The summed E-state index contributed by atoms with van der Waals surface area (Å²) >= 11 is 5.88. The molecule has 0 bridgehead atoms. The lowest BCUT2D eigenvalue weighted by atomic mass is 10.3. The Hall–Kier alpha value is -3.44. The van der Waals surface area contributed by atoms with Crippen molar-refractivity contribution in [1.29, 1.82) is 0 Å². The van der Waals surface area contributed by atoms with Crippen molar-refractivity contribution in [1.82, 2.24) is 0 Å². The summed E-state index contributed by atoms with van der Waals surface area (Å²) in [4.78, 5) is 12.7. The molecule has 0 aliphatic carbocycles. The van der Waals surface area contributed by atoms with Crippen LogP contribution in [0.25, 0.3) is 0 Å². The van der Waals surface area contributed by atoms with Crippen molar-refractivity contribution in [3.8, 4) is 11.5 Å². The van der Waals surface area contributed by atoms with Crippen LogP contribution in [0.2, 0.25) is 5.02 Å². The second-order valence-electron chi connectivity index (χ2n) is 6.99. The highest BCUT2D eigenvalue weighted by Gasteiger charge is 2.31. The molecule has 0 fully saturated rings. The molecule has 7 nitrogen and oxygen atoms in total. The minimum Gasteiger partial charge on any atom is -0.492 e. The van der Waals surface area contributed by atoms with Gasteiger partial charge in [0.05, 0.1) is 17.2 Å². The Balaban J connectivity index is 1.90. The molecule has 0 saturated heterocycles. The number of para-hydroxylation sites is 2. The van der Waals surface area contributed by atoms with Crippen molar-refractivity contribution in [3.05, 3.63) is 77.8 Å². The average Bonchev–Trinajstić information content (AvgIpc) is 2.79. The third-order valence-electron chi connectivity index (χ3n) is 4.49. The maximum absolute atomic E-state index is 13.5. The van der Waals surface area contributed by atoms with Crippen LogP contribution in [-0.4, -0.2) is 33.8 Å². The molecule has 3 rings (SSSR count). The fraction of sp³-hybridized carbons (Fsp3) is 0.174. The summed E-state index contributed by atoms with van der Waals surface area (Å²) in [6.45, 7) is 1.34. The average molecular weight is 529 g/mol. The molecule has 0 heterocycles. The first kappa shape index (κ1) is 26.2. The lowest BCUT2D eigenvalue weighted by Gasteiger charge is -2.26. The topological polar surface area (TPSA) is 84.9 Å². The molecule has 186 valence electrons. The van der Waals surface area contributed by atoms with E-state index in [4.69, 9.17) is 16.3 Å². The second kappa shape index (κ2) is 10.9. The van der Waals surface area contributed by atoms with E-state index in [1.54, 1.807) is 25.1 Å². The number of amides is 1. The molecule has 12 heteroatoms. The fourth-order valence-corrected chi connectivity index (χ4v) is 4.60. The van der Waals surface area contributed by atoms with Gasteiger partial charge in [0, 0.05) is 10.7 Å². The fourth-order valence-electron chi connectivity index (χ4n) is 3.05. The maximum atomic E-state index is 13.5. The van der Waals surface area contributed by atoms with Crippen LogP contribution in [0, 0.1) is 0 Å². The zero-order valence-electron chi connectivity index (χ0n) is 18.3. The molecule has 1 N–H and O–H groups in total. The number of hydrogen-bond donors (Lipinski definition) is 1. The van der Waals surface area contributed by atoms with Gasteiger partial charge >= 0.3 is 6.36 Å². The van der Waals surface area contributed by atoms with Gasteiger partial charge in [0.2, 0.25) is 5.91 Å². The first-order valence-electron chi connectivity index (χ1n) is 10.2. The first-order valence-corrected chi connectivity index (χ1v) is 12.0. The van der Waals surface area contributed by atoms with Gasteiger partial charge in [-0.05, 0) is 67.6 Å². The summed E-state index contributed by atoms with van der Waals surface area (Å²) in [5.41, 5.74) is 0.278. The maximum Gasteiger partial charge on any atom is 0.573 e. The number of halogens is 4. The smallest absolute Gasteiger partial charge is 0.492 e. The van der Waals surface area contributed by atoms with Crippen LogP contribution in [-0.2, 0) is 14.8 Å². The van der Waals surface area contributed by atoms with Gasteiger partial charge < -0.3 is 14.8 Å². The highest BCUT2D eigenvalue weighted by Crippen LogP contribution is 2.33. The molecule has 0 spiro atoms. The number of hydrogen-bond acceptors (Lipinski definition) is 5. The third kappa shape index (κ3) is 7.03. The Kier molecular flexibility index (Phi) is 8.13. The standard InChI is InChI=1S/C23H20ClF3N2O5S/c1-2-33-21-6-4-3-5-20(21)29(35(31,32)19-13-7-16(24)8-14-19)15-22(30)28-17-9-11-18(12-10-17)34-23(25,26)27/h3-14H,2,15H2,1H3,(H,28,30). The molecule has 0 aliphatic rings. The quantitative estimate of drug-likeness (QED) is 0.398. The van der Waals surface area contributed by atoms with Crippen LogP contribution >= 0.6 is 11.6 Å². The third-order valence-corrected chi connectivity index (χ3v) is 6.52. The highest BCUT2D eigenvalue weighted by atomic mass is 35.5. The van der Waals surface area contributed by atoms with Crippen molar-refractivity contribution in [3.63, 3.8) is 0 Å². The molecule has 3 aromatic rings. The number of benzene rings is 3. The Morgan fingerprint density at radius 1 is 1.00 bits per heavy atom. The van der Waals surface area contributed by atoms with Crippen LogP contribution < -0.4 is 19.1 Å². The Bertz CT molecular complexity index is 1270. The Morgan fingerprint density at radius 3 is 2.23 bits per heavy atom. The molecule has 0 saturated carbocycles. The van der Waals surface area contributed by atoms with Crippen molar-refractivity contribution < 1.29 is 35.9 Å². The van der Waals surface area contributed by atoms with Gasteiger partial charge in [0.25, 0.3) is 10.0 Å². The number of carbonyl (C=O) groups is 1. The van der Waals surface area contributed by atoms with Crippen molar-refractivity contribution in [2.24, 2.45) is 0 Å². The van der Waals surface area contributed by atoms with E-state index >= 15 is 0 Å². The first-order chi connectivity index (χ1) is 16.5. The van der Waals surface area contributed by atoms with Crippen LogP contribution in [0.3, 0.4) is 0 Å². The number of anilines is 2. The molecule has 0 aromatic heterocycles. The summed E-state index contributed by atoms with van der Waals surface area (Å²) in [5, 5.41) is 2.81. The predicted molar refractivity (Wildman–Crippen MR) is 125 cm³/mol. The number of ether oxygens (including phenoxy) is 2. The van der Waals surface area contributed by atoms with Gasteiger partial charge in [-0.25, -0.2) is 8.42 Å². The predicted octanol–water partition coefficient (Wildman–Crippen LogP) is 5.47. The van der Waals surface area contributed by atoms with E-state index in [1.807, 2.05) is 0 Å². The van der Waals surface area contributed by atoms with Gasteiger partial charge in [0.15, 0.2) is 0 Å². The lowest BCUT2D eigenvalue weighted by Crippen LogP contribution is -2.38. The highest BCUT2D eigenvalue weighted by molar-refractivity contribution is 7.92. The van der Waals surface area contributed by atoms with E-state index in [1.165, 1.54) is 42.5 Å². The van der Waals surface area contributed by atoms with Gasteiger partial charge in [0.1, 0.15) is 18.0 Å². The van der Waals surface area contributed by atoms with Crippen LogP contribution in [0.1, 0.15) is 6.92 Å². The number of alkyl halides is 3. The minimum absolute atomic E-state index is 0.102. The zero-order valence-corrected chi connectivity index (χ0v) is 19.8. The molecule has 0 atom stereocenters. The summed E-state index contributed by atoms with van der Waals surface area (Å²) in [6, 6.07) is 16.2. The van der Waals surface area contributed by atoms with E-state index in [9.17, 15) is 26.4 Å². The Labute approximate surface area is 205 Å². The monoisotopic (exact) mass is 528 g/mol. The number of rotatable bonds is 9. The van der Waals surface area contributed by atoms with E-state index in [0.29, 0.717) is 5.02 Å². The van der Waals surface area contributed by atoms with Crippen LogP contribution in [0.15, 0.2) is 77.7 Å². The summed E-state index contributed by atoms with van der Waals surface area (Å²) in [6.07, 6.45) is -4.85. The van der Waals surface area contributed by atoms with E-state index in [-0.39, 0.29) is 28.6 Å². The molecule has 1 amide bonds.